The summed E-state index contributed by atoms with van der Waals surface area (Å²) in [7, 11) is 2.89. The van der Waals surface area contributed by atoms with E-state index in [0.717, 1.165) is 0 Å². The van der Waals surface area contributed by atoms with Crippen molar-refractivity contribution in [3.05, 3.63) is 11.8 Å². The number of esters is 2. The molecule has 2 heterocycles. The third-order valence-electron chi connectivity index (χ3n) is 4.54. The average Bonchev–Trinajstić information content (AvgIpc) is 3.15. The number of methoxy groups -OCH3 is 1. The fourth-order valence-electron chi connectivity index (χ4n) is 3.14. The van der Waals surface area contributed by atoms with Crippen molar-refractivity contribution in [3.63, 3.8) is 0 Å². The van der Waals surface area contributed by atoms with Crippen LogP contribution in [0, 0.1) is 0 Å². The molecule has 0 aromatic heterocycles. The number of likely N-dealkylation sites (N-methyl/N-ethyl adjacent to an activating group) is 1. The standard InChI is InChI=1S/C20H30N2O10/c1-20(2,3)32-14(23)8-9-22-18(25)31-16(13-10-28-19(26)30-13)15-11(21-4)6-7-12(29-15)17(24)27-5/h7,11,13,15-16,21H,6,8-10H2,1-5H3,(H,22,25)/t11?,13?,15-,16?/m1/s1. The Morgan fingerprint density at radius 1 is 1.25 bits per heavy atom. The Morgan fingerprint density at radius 2 is 1.97 bits per heavy atom. The topological polar surface area (TPSA) is 148 Å². The summed E-state index contributed by atoms with van der Waals surface area (Å²) in [4.78, 5) is 47.6. The molecule has 32 heavy (non-hydrogen) atoms. The van der Waals surface area contributed by atoms with Crippen LogP contribution in [0.4, 0.5) is 9.59 Å². The van der Waals surface area contributed by atoms with Gasteiger partial charge in [-0.15, -0.1) is 0 Å². The minimum absolute atomic E-state index is 0.0320. The lowest BCUT2D eigenvalue weighted by Gasteiger charge is -2.37. The molecule has 2 aliphatic rings. The van der Waals surface area contributed by atoms with Crippen LogP contribution in [0.25, 0.3) is 0 Å². The third kappa shape index (κ3) is 7.29. The molecule has 0 saturated carbocycles. The van der Waals surface area contributed by atoms with Gasteiger partial charge in [0.1, 0.15) is 12.2 Å². The van der Waals surface area contributed by atoms with E-state index in [4.69, 9.17) is 28.4 Å². The number of rotatable bonds is 8. The summed E-state index contributed by atoms with van der Waals surface area (Å²) in [5.74, 6) is -1.22. The lowest BCUT2D eigenvalue weighted by atomic mass is 9.96. The Morgan fingerprint density at radius 3 is 2.53 bits per heavy atom. The maximum absolute atomic E-state index is 12.4. The van der Waals surface area contributed by atoms with Crippen LogP contribution < -0.4 is 10.6 Å². The fraction of sp³-hybridized carbons (Fsp3) is 0.700. The van der Waals surface area contributed by atoms with Crippen molar-refractivity contribution >= 4 is 24.2 Å². The highest BCUT2D eigenvalue weighted by atomic mass is 16.8. The van der Waals surface area contributed by atoms with Crippen LogP contribution in [0.3, 0.4) is 0 Å². The van der Waals surface area contributed by atoms with Gasteiger partial charge in [0.2, 0.25) is 5.76 Å². The van der Waals surface area contributed by atoms with Gasteiger partial charge in [0, 0.05) is 6.54 Å². The Labute approximate surface area is 185 Å². The van der Waals surface area contributed by atoms with Gasteiger partial charge >= 0.3 is 24.2 Å². The number of cyclic esters (lactones) is 2. The summed E-state index contributed by atoms with van der Waals surface area (Å²) in [6.07, 6.45) is -2.89. The van der Waals surface area contributed by atoms with E-state index in [0.29, 0.717) is 6.42 Å². The first-order valence-corrected chi connectivity index (χ1v) is 10.2. The van der Waals surface area contributed by atoms with Crippen molar-refractivity contribution in [3.8, 4) is 0 Å². The van der Waals surface area contributed by atoms with Crippen LogP contribution in [0.2, 0.25) is 0 Å². The Bertz CT molecular complexity index is 745. The second kappa shape index (κ2) is 11.0. The van der Waals surface area contributed by atoms with Gasteiger partial charge < -0.3 is 39.1 Å². The summed E-state index contributed by atoms with van der Waals surface area (Å²) >= 11 is 0. The smallest absolute Gasteiger partial charge is 0.478 e. The van der Waals surface area contributed by atoms with E-state index in [2.05, 4.69) is 10.6 Å². The molecule has 4 atom stereocenters. The number of amides is 1. The first kappa shape index (κ1) is 25.2. The summed E-state index contributed by atoms with van der Waals surface area (Å²) in [6.45, 7) is 5.02. The van der Waals surface area contributed by atoms with Gasteiger partial charge in [-0.2, -0.15) is 0 Å². The molecule has 2 aliphatic heterocycles. The van der Waals surface area contributed by atoms with Crippen molar-refractivity contribution in [2.75, 3.05) is 27.3 Å². The molecule has 0 radical (unpaired) electrons. The van der Waals surface area contributed by atoms with Crippen molar-refractivity contribution in [2.45, 2.75) is 63.6 Å². The van der Waals surface area contributed by atoms with Crippen LogP contribution >= 0.6 is 0 Å². The van der Waals surface area contributed by atoms with Gasteiger partial charge in [-0.05, 0) is 40.3 Å². The Balaban J connectivity index is 2.06. The van der Waals surface area contributed by atoms with E-state index in [-0.39, 0.29) is 31.4 Å². The molecule has 3 unspecified atom stereocenters. The first-order valence-electron chi connectivity index (χ1n) is 10.2. The number of carbonyl (C=O) groups excluding carboxylic acids is 4. The van der Waals surface area contributed by atoms with Crippen LogP contribution in [-0.4, -0.2) is 81.5 Å². The molecule has 2 N–H and O–H groups in total. The zero-order valence-corrected chi connectivity index (χ0v) is 18.8. The largest absolute Gasteiger partial charge is 0.508 e. The van der Waals surface area contributed by atoms with Crippen LogP contribution in [0.1, 0.15) is 33.6 Å². The highest BCUT2D eigenvalue weighted by Crippen LogP contribution is 2.27. The van der Waals surface area contributed by atoms with Gasteiger partial charge in [-0.25, -0.2) is 14.4 Å². The monoisotopic (exact) mass is 458 g/mol. The molecule has 12 nitrogen and oxygen atoms in total. The lowest BCUT2D eigenvalue weighted by molar-refractivity contribution is -0.154. The predicted octanol–water partition coefficient (Wildman–Crippen LogP) is 0.782. The third-order valence-corrected chi connectivity index (χ3v) is 4.54. The zero-order chi connectivity index (χ0) is 23.9. The molecular formula is C20H30N2O10. The first-order chi connectivity index (χ1) is 15.0. The second-order valence-corrected chi connectivity index (χ2v) is 8.12. The van der Waals surface area contributed by atoms with Crippen molar-refractivity contribution in [1.29, 1.82) is 0 Å². The van der Waals surface area contributed by atoms with E-state index >= 15 is 0 Å². The molecule has 0 aromatic rings. The van der Waals surface area contributed by atoms with Gasteiger partial charge in [0.15, 0.2) is 18.3 Å². The van der Waals surface area contributed by atoms with Crippen molar-refractivity contribution in [1.82, 2.24) is 10.6 Å². The van der Waals surface area contributed by atoms with Gasteiger partial charge in [-0.1, -0.05) is 0 Å². The SMILES string of the molecule is CNC1CC=C(C(=O)OC)O[C@H]1C(OC(=O)NCCC(=O)OC(C)(C)C)C1COC(=O)O1. The number of ether oxygens (including phenoxy) is 6. The molecule has 1 fully saturated rings. The molecule has 0 aliphatic carbocycles. The Kier molecular flexibility index (Phi) is 8.70. The number of nitrogens with one attached hydrogen (secondary N) is 2. The number of hydrogen-bond donors (Lipinski definition) is 2. The van der Waals surface area contributed by atoms with E-state index in [1.165, 1.54) is 7.11 Å². The number of alkyl carbamates (subject to hydrolysis) is 1. The summed E-state index contributed by atoms with van der Waals surface area (Å²) in [5.41, 5.74) is -0.639. The highest BCUT2D eigenvalue weighted by molar-refractivity contribution is 5.86. The normalized spacial score (nSPS) is 23.6. The maximum atomic E-state index is 12.4. The average molecular weight is 458 g/mol. The molecule has 0 bridgehead atoms. The Hall–Kier alpha value is -3.02. The van der Waals surface area contributed by atoms with E-state index < -0.39 is 48.1 Å². The molecule has 12 heteroatoms. The number of carbonyl (C=O) groups is 4. The molecule has 1 amide bonds. The highest BCUT2D eigenvalue weighted by Gasteiger charge is 2.46. The predicted molar refractivity (Wildman–Crippen MR) is 107 cm³/mol. The minimum atomic E-state index is -1.12. The molecular weight excluding hydrogens is 428 g/mol. The van der Waals surface area contributed by atoms with Crippen LogP contribution in [0.15, 0.2) is 11.8 Å². The van der Waals surface area contributed by atoms with Crippen LogP contribution in [0.5, 0.6) is 0 Å². The van der Waals surface area contributed by atoms with Crippen LogP contribution in [-0.2, 0) is 38.0 Å². The molecule has 0 spiro atoms. The maximum Gasteiger partial charge on any atom is 0.508 e. The summed E-state index contributed by atoms with van der Waals surface area (Å²) < 4.78 is 31.0. The minimum Gasteiger partial charge on any atom is -0.478 e. The van der Waals surface area contributed by atoms with E-state index in [1.807, 2.05) is 0 Å². The van der Waals surface area contributed by atoms with Gasteiger partial charge in [0.05, 0.1) is 19.6 Å². The van der Waals surface area contributed by atoms with Crippen molar-refractivity contribution < 1.29 is 47.6 Å². The quantitative estimate of drug-likeness (QED) is 0.393. The van der Waals surface area contributed by atoms with Gasteiger partial charge in [-0.3, -0.25) is 4.79 Å². The second-order valence-electron chi connectivity index (χ2n) is 8.12. The van der Waals surface area contributed by atoms with E-state index in [1.54, 1.807) is 33.9 Å². The van der Waals surface area contributed by atoms with Crippen molar-refractivity contribution in [2.24, 2.45) is 0 Å². The molecule has 1 saturated heterocycles. The molecule has 2 rings (SSSR count). The zero-order valence-electron chi connectivity index (χ0n) is 18.8. The molecule has 180 valence electrons. The summed E-state index contributed by atoms with van der Waals surface area (Å²) in [5, 5.41) is 5.48. The lowest BCUT2D eigenvalue weighted by Crippen LogP contribution is -2.55. The van der Waals surface area contributed by atoms with Gasteiger partial charge in [0.25, 0.3) is 0 Å². The fourth-order valence-corrected chi connectivity index (χ4v) is 3.14. The summed E-state index contributed by atoms with van der Waals surface area (Å²) in [6, 6.07) is -0.373. The molecule has 0 aromatic carbocycles. The number of hydrogen-bond acceptors (Lipinski definition) is 11. The van der Waals surface area contributed by atoms with E-state index in [9.17, 15) is 19.2 Å².